The standard InChI is InChI=1S/C22H24N2O5S2/c1-5-29-22(26)20-13-16-11-17(9-10-19(16)30-20)23-21(25)15-7-6-8-18(12-15)31(27,28)24(4)14(2)3/h6-14H,5H2,1-4H3,(H,23,25). The van der Waals surface area contributed by atoms with Crippen LogP contribution in [0.15, 0.2) is 53.4 Å². The molecule has 0 aliphatic rings. The Balaban J connectivity index is 1.83. The summed E-state index contributed by atoms with van der Waals surface area (Å²) in [5, 5.41) is 3.59. The van der Waals surface area contributed by atoms with Gasteiger partial charge in [0.1, 0.15) is 4.88 Å². The molecule has 0 aliphatic carbocycles. The molecule has 0 radical (unpaired) electrons. The van der Waals surface area contributed by atoms with Crippen molar-refractivity contribution in [3.8, 4) is 0 Å². The number of thiophene rings is 1. The molecular formula is C22H24N2O5S2. The third kappa shape index (κ3) is 4.95. The molecule has 0 aliphatic heterocycles. The van der Waals surface area contributed by atoms with Crippen LogP contribution in [0.1, 0.15) is 40.8 Å². The third-order valence-corrected chi connectivity index (χ3v) is 7.88. The van der Waals surface area contributed by atoms with Crippen molar-refractivity contribution < 1.29 is 22.7 Å². The van der Waals surface area contributed by atoms with Crippen molar-refractivity contribution >= 4 is 49.0 Å². The van der Waals surface area contributed by atoms with Crippen LogP contribution in [0.3, 0.4) is 0 Å². The van der Waals surface area contributed by atoms with Gasteiger partial charge in [0, 0.05) is 29.0 Å². The van der Waals surface area contributed by atoms with Gasteiger partial charge >= 0.3 is 5.97 Å². The van der Waals surface area contributed by atoms with Crippen molar-refractivity contribution in [2.24, 2.45) is 0 Å². The van der Waals surface area contributed by atoms with E-state index in [1.165, 1.54) is 34.8 Å². The van der Waals surface area contributed by atoms with Crippen LogP contribution in [-0.2, 0) is 14.8 Å². The Hall–Kier alpha value is -2.75. The molecule has 0 saturated carbocycles. The summed E-state index contributed by atoms with van der Waals surface area (Å²) >= 11 is 1.32. The van der Waals surface area contributed by atoms with Gasteiger partial charge < -0.3 is 10.1 Å². The maximum atomic E-state index is 12.7. The minimum absolute atomic E-state index is 0.0590. The third-order valence-electron chi connectivity index (χ3n) is 4.75. The highest BCUT2D eigenvalue weighted by Crippen LogP contribution is 2.29. The Kier molecular flexibility index (Phi) is 6.78. The molecule has 1 N–H and O–H groups in total. The second-order valence-electron chi connectivity index (χ2n) is 7.18. The zero-order valence-electron chi connectivity index (χ0n) is 17.7. The maximum absolute atomic E-state index is 12.7. The van der Waals surface area contributed by atoms with Gasteiger partial charge in [0.25, 0.3) is 5.91 Å². The lowest BCUT2D eigenvalue weighted by Gasteiger charge is -2.21. The van der Waals surface area contributed by atoms with Gasteiger partial charge in [0.05, 0.1) is 11.5 Å². The van der Waals surface area contributed by atoms with Crippen LogP contribution < -0.4 is 5.32 Å². The molecule has 2 aromatic carbocycles. The van der Waals surface area contributed by atoms with Gasteiger partial charge in [-0.05, 0) is 68.6 Å². The molecule has 1 aromatic heterocycles. The number of ether oxygens (including phenoxy) is 1. The van der Waals surface area contributed by atoms with E-state index in [0.717, 1.165) is 10.1 Å². The zero-order valence-corrected chi connectivity index (χ0v) is 19.3. The molecular weight excluding hydrogens is 436 g/mol. The minimum atomic E-state index is -3.70. The number of carbonyl (C=O) groups is 2. The van der Waals surface area contributed by atoms with E-state index >= 15 is 0 Å². The first-order chi connectivity index (χ1) is 14.6. The summed E-state index contributed by atoms with van der Waals surface area (Å²) in [7, 11) is -2.19. The molecule has 164 valence electrons. The van der Waals surface area contributed by atoms with Crippen LogP contribution in [-0.4, -0.2) is 44.3 Å². The topological polar surface area (TPSA) is 92.8 Å². The van der Waals surface area contributed by atoms with E-state index in [1.807, 2.05) is 6.07 Å². The molecule has 1 amide bonds. The monoisotopic (exact) mass is 460 g/mol. The molecule has 0 saturated heterocycles. The lowest BCUT2D eigenvalue weighted by atomic mass is 10.2. The molecule has 3 aromatic rings. The first-order valence-electron chi connectivity index (χ1n) is 9.73. The summed E-state index contributed by atoms with van der Waals surface area (Å²) in [6, 6.07) is 12.8. The van der Waals surface area contributed by atoms with Gasteiger partial charge in [-0.25, -0.2) is 13.2 Å². The van der Waals surface area contributed by atoms with E-state index in [4.69, 9.17) is 4.74 Å². The van der Waals surface area contributed by atoms with Gasteiger partial charge in [-0.15, -0.1) is 11.3 Å². The predicted octanol–water partition coefficient (Wildman–Crippen LogP) is 4.36. The van der Waals surface area contributed by atoms with Crippen molar-refractivity contribution in [3.05, 3.63) is 59.0 Å². The fourth-order valence-corrected chi connectivity index (χ4v) is 5.22. The lowest BCUT2D eigenvalue weighted by molar-refractivity contribution is 0.0532. The SMILES string of the molecule is CCOC(=O)c1cc2cc(NC(=O)c3cccc(S(=O)(=O)N(C)C(C)C)c3)ccc2s1. The molecule has 9 heteroatoms. The summed E-state index contributed by atoms with van der Waals surface area (Å²) in [5.41, 5.74) is 0.772. The molecule has 1 heterocycles. The van der Waals surface area contributed by atoms with Crippen molar-refractivity contribution in [1.82, 2.24) is 4.31 Å². The van der Waals surface area contributed by atoms with E-state index in [2.05, 4.69) is 5.32 Å². The number of nitrogens with zero attached hydrogens (tertiary/aromatic N) is 1. The maximum Gasteiger partial charge on any atom is 0.348 e. The quantitative estimate of drug-likeness (QED) is 0.529. The van der Waals surface area contributed by atoms with Crippen LogP contribution in [0.5, 0.6) is 0 Å². The Morgan fingerprint density at radius 2 is 1.87 bits per heavy atom. The number of hydrogen-bond acceptors (Lipinski definition) is 6. The Labute approximate surface area is 185 Å². The normalized spacial score (nSPS) is 11.8. The summed E-state index contributed by atoms with van der Waals surface area (Å²) in [4.78, 5) is 25.2. The number of sulfonamides is 1. The Morgan fingerprint density at radius 3 is 2.55 bits per heavy atom. The van der Waals surface area contributed by atoms with E-state index in [-0.39, 0.29) is 22.5 Å². The van der Waals surface area contributed by atoms with Gasteiger partial charge in [0.15, 0.2) is 0 Å². The molecule has 31 heavy (non-hydrogen) atoms. The Bertz CT molecular complexity index is 1230. The second kappa shape index (κ2) is 9.17. The predicted molar refractivity (Wildman–Crippen MR) is 122 cm³/mol. The van der Waals surface area contributed by atoms with Crippen LogP contribution in [0.2, 0.25) is 0 Å². The second-order valence-corrected chi connectivity index (χ2v) is 10.3. The van der Waals surface area contributed by atoms with Gasteiger partial charge in [-0.1, -0.05) is 6.07 Å². The number of benzene rings is 2. The van der Waals surface area contributed by atoms with Gasteiger partial charge in [-0.3, -0.25) is 4.79 Å². The average molecular weight is 461 g/mol. The summed E-state index contributed by atoms with van der Waals surface area (Å²) in [6.45, 7) is 5.61. The zero-order chi connectivity index (χ0) is 22.8. The first kappa shape index (κ1) is 22.9. The van der Waals surface area contributed by atoms with Crippen molar-refractivity contribution in [2.75, 3.05) is 19.0 Å². The van der Waals surface area contributed by atoms with Crippen LogP contribution >= 0.6 is 11.3 Å². The summed E-state index contributed by atoms with van der Waals surface area (Å²) < 4.78 is 32.6. The molecule has 7 nitrogen and oxygen atoms in total. The van der Waals surface area contributed by atoms with Crippen LogP contribution in [0.25, 0.3) is 10.1 Å². The first-order valence-corrected chi connectivity index (χ1v) is 12.0. The molecule has 0 bridgehead atoms. The van der Waals surface area contributed by atoms with Crippen molar-refractivity contribution in [1.29, 1.82) is 0 Å². The van der Waals surface area contributed by atoms with E-state index in [9.17, 15) is 18.0 Å². The van der Waals surface area contributed by atoms with E-state index in [0.29, 0.717) is 17.2 Å². The largest absolute Gasteiger partial charge is 0.462 e. The number of carbonyl (C=O) groups excluding carboxylic acids is 2. The lowest BCUT2D eigenvalue weighted by Crippen LogP contribution is -2.33. The Morgan fingerprint density at radius 1 is 1.13 bits per heavy atom. The number of nitrogens with one attached hydrogen (secondary N) is 1. The molecule has 0 atom stereocenters. The number of rotatable bonds is 7. The van der Waals surface area contributed by atoms with Crippen LogP contribution in [0, 0.1) is 0 Å². The number of hydrogen-bond donors (Lipinski definition) is 1. The van der Waals surface area contributed by atoms with E-state index < -0.39 is 15.9 Å². The molecule has 0 unspecified atom stereocenters. The molecule has 3 rings (SSSR count). The van der Waals surface area contributed by atoms with E-state index in [1.54, 1.807) is 51.1 Å². The molecule has 0 fully saturated rings. The van der Waals surface area contributed by atoms with Crippen LogP contribution in [0.4, 0.5) is 5.69 Å². The number of anilines is 1. The van der Waals surface area contributed by atoms with Gasteiger partial charge in [-0.2, -0.15) is 4.31 Å². The van der Waals surface area contributed by atoms with Crippen molar-refractivity contribution in [3.63, 3.8) is 0 Å². The smallest absolute Gasteiger partial charge is 0.348 e. The minimum Gasteiger partial charge on any atom is -0.462 e. The number of amides is 1. The average Bonchev–Trinajstić information content (AvgIpc) is 3.17. The van der Waals surface area contributed by atoms with Crippen molar-refractivity contribution in [2.45, 2.75) is 31.7 Å². The number of fused-ring (bicyclic) bond motifs is 1. The van der Waals surface area contributed by atoms with Gasteiger partial charge in [0.2, 0.25) is 10.0 Å². The summed E-state index contributed by atoms with van der Waals surface area (Å²) in [5.74, 6) is -0.803. The number of esters is 1. The molecule has 0 spiro atoms. The highest BCUT2D eigenvalue weighted by Gasteiger charge is 2.24. The summed E-state index contributed by atoms with van der Waals surface area (Å²) in [6.07, 6.45) is 0. The highest BCUT2D eigenvalue weighted by molar-refractivity contribution is 7.89. The highest BCUT2D eigenvalue weighted by atomic mass is 32.2. The fourth-order valence-electron chi connectivity index (χ4n) is 2.87. The fraction of sp³-hybridized carbons (Fsp3) is 0.273.